The summed E-state index contributed by atoms with van der Waals surface area (Å²) in [5.74, 6) is 0. The van der Waals surface area contributed by atoms with Crippen LogP contribution in [0, 0.1) is 0 Å². The number of rotatable bonds is 2. The van der Waals surface area contributed by atoms with E-state index in [4.69, 9.17) is 4.42 Å². The van der Waals surface area contributed by atoms with Crippen LogP contribution >= 0.6 is 0 Å². The summed E-state index contributed by atoms with van der Waals surface area (Å²) < 4.78 is 7.97. The van der Waals surface area contributed by atoms with Crippen molar-refractivity contribution in [3.05, 3.63) is 97.4 Å². The predicted octanol–water partition coefficient (Wildman–Crippen LogP) is 6.59. The molecule has 3 aromatic carbocycles. The normalized spacial score (nSPS) is 11.6. The number of para-hydroxylation sites is 1. The molecule has 0 spiro atoms. The van der Waals surface area contributed by atoms with Crippen LogP contribution in [0.5, 0.6) is 0 Å². The predicted molar refractivity (Wildman–Crippen MR) is 114 cm³/mol. The van der Waals surface area contributed by atoms with E-state index in [0.29, 0.717) is 0 Å². The molecule has 0 bridgehead atoms. The van der Waals surface area contributed by atoms with Gasteiger partial charge in [-0.15, -0.1) is 0 Å². The number of fused-ring (bicyclic) bond motifs is 4. The van der Waals surface area contributed by atoms with Gasteiger partial charge in [-0.2, -0.15) is 0 Å². The average molecular weight is 360 g/mol. The second-order valence-electron chi connectivity index (χ2n) is 6.94. The molecule has 0 unspecified atom stereocenters. The fraction of sp³-hybridized carbons (Fsp3) is 0. The van der Waals surface area contributed by atoms with Gasteiger partial charge in [0.2, 0.25) is 0 Å². The van der Waals surface area contributed by atoms with Crippen LogP contribution in [0.15, 0.2) is 102 Å². The highest BCUT2D eigenvalue weighted by molar-refractivity contribution is 6.12. The van der Waals surface area contributed by atoms with Crippen LogP contribution < -0.4 is 0 Å². The minimum Gasteiger partial charge on any atom is -0.464 e. The van der Waals surface area contributed by atoms with Gasteiger partial charge in [0.25, 0.3) is 0 Å². The molecule has 0 saturated heterocycles. The van der Waals surface area contributed by atoms with Crippen molar-refractivity contribution in [3.63, 3.8) is 0 Å². The Balaban J connectivity index is 1.62. The Labute approximate surface area is 161 Å². The number of pyridine rings is 1. The van der Waals surface area contributed by atoms with Gasteiger partial charge in [-0.05, 0) is 42.5 Å². The first kappa shape index (κ1) is 15.2. The Bertz CT molecular complexity index is 1440. The number of hydrogen-bond acceptors (Lipinski definition) is 2. The molecular weight excluding hydrogens is 344 g/mol. The van der Waals surface area contributed by atoms with E-state index in [0.717, 1.165) is 33.4 Å². The van der Waals surface area contributed by atoms with E-state index in [-0.39, 0.29) is 0 Å². The van der Waals surface area contributed by atoms with Gasteiger partial charge in [0.05, 0.1) is 23.0 Å². The number of nitrogens with zero attached hydrogens (tertiary/aromatic N) is 2. The first-order valence-corrected chi connectivity index (χ1v) is 9.31. The summed E-state index contributed by atoms with van der Waals surface area (Å²) in [4.78, 5) is 4.45. The Morgan fingerprint density at radius 3 is 2.43 bits per heavy atom. The molecule has 0 N–H and O–H groups in total. The van der Waals surface area contributed by atoms with Crippen molar-refractivity contribution in [2.24, 2.45) is 0 Å². The lowest BCUT2D eigenvalue weighted by Gasteiger charge is -2.09. The van der Waals surface area contributed by atoms with Gasteiger partial charge in [-0.25, -0.2) is 0 Å². The van der Waals surface area contributed by atoms with Crippen LogP contribution in [-0.4, -0.2) is 9.55 Å². The van der Waals surface area contributed by atoms with Crippen LogP contribution in [0.4, 0.5) is 0 Å². The standard InChI is InChI=1S/C25H16N2O/c1-2-7-23-20(5-1)21-15-18-12-14-28-25(18)16-24(21)27(23)19-10-8-17(9-11-19)22-6-3-4-13-26-22/h1-16H. The summed E-state index contributed by atoms with van der Waals surface area (Å²) in [5, 5.41) is 3.61. The van der Waals surface area contributed by atoms with Crippen molar-refractivity contribution in [2.75, 3.05) is 0 Å². The molecule has 0 aliphatic carbocycles. The number of benzene rings is 3. The molecular formula is C25H16N2O. The third-order valence-corrected chi connectivity index (χ3v) is 5.33. The van der Waals surface area contributed by atoms with Crippen LogP contribution in [0.2, 0.25) is 0 Å². The summed E-state index contributed by atoms with van der Waals surface area (Å²) in [6.07, 6.45) is 3.57. The minimum atomic E-state index is 0.904. The van der Waals surface area contributed by atoms with Crippen LogP contribution in [0.3, 0.4) is 0 Å². The van der Waals surface area contributed by atoms with Crippen molar-refractivity contribution < 1.29 is 4.42 Å². The molecule has 0 atom stereocenters. The monoisotopic (exact) mass is 360 g/mol. The molecule has 3 nitrogen and oxygen atoms in total. The minimum absolute atomic E-state index is 0.904. The zero-order valence-corrected chi connectivity index (χ0v) is 15.0. The number of furan rings is 1. The lowest BCUT2D eigenvalue weighted by Crippen LogP contribution is -1.93. The second kappa shape index (κ2) is 5.83. The highest BCUT2D eigenvalue weighted by atomic mass is 16.3. The molecule has 3 aromatic heterocycles. The van der Waals surface area contributed by atoms with Gasteiger partial charge in [0, 0.05) is 39.7 Å². The molecule has 0 aliphatic heterocycles. The smallest absolute Gasteiger partial charge is 0.135 e. The molecule has 0 aliphatic rings. The summed E-state index contributed by atoms with van der Waals surface area (Å²) >= 11 is 0. The molecule has 0 radical (unpaired) electrons. The Morgan fingerprint density at radius 1 is 0.714 bits per heavy atom. The van der Waals surface area contributed by atoms with Gasteiger partial charge in [-0.3, -0.25) is 4.98 Å². The topological polar surface area (TPSA) is 31.0 Å². The van der Waals surface area contributed by atoms with Gasteiger partial charge in [0.1, 0.15) is 5.58 Å². The Morgan fingerprint density at radius 2 is 1.57 bits per heavy atom. The third-order valence-electron chi connectivity index (χ3n) is 5.33. The highest BCUT2D eigenvalue weighted by Crippen LogP contribution is 2.35. The molecule has 132 valence electrons. The molecule has 3 heterocycles. The lowest BCUT2D eigenvalue weighted by atomic mass is 10.1. The van der Waals surface area contributed by atoms with Crippen molar-refractivity contribution in [1.29, 1.82) is 0 Å². The Kier molecular flexibility index (Phi) is 3.17. The molecule has 0 amide bonds. The van der Waals surface area contributed by atoms with Gasteiger partial charge in [0.15, 0.2) is 0 Å². The van der Waals surface area contributed by atoms with E-state index < -0.39 is 0 Å². The fourth-order valence-corrected chi connectivity index (χ4v) is 4.02. The van der Waals surface area contributed by atoms with E-state index in [1.165, 1.54) is 16.3 Å². The van der Waals surface area contributed by atoms with Gasteiger partial charge < -0.3 is 8.98 Å². The first-order valence-electron chi connectivity index (χ1n) is 9.31. The van der Waals surface area contributed by atoms with E-state index >= 15 is 0 Å². The van der Waals surface area contributed by atoms with Gasteiger partial charge >= 0.3 is 0 Å². The average Bonchev–Trinajstić information content (AvgIpc) is 3.35. The lowest BCUT2D eigenvalue weighted by molar-refractivity contribution is 0.616. The molecule has 6 aromatic rings. The zero-order valence-electron chi connectivity index (χ0n) is 15.0. The van der Waals surface area contributed by atoms with Gasteiger partial charge in [-0.1, -0.05) is 36.4 Å². The second-order valence-corrected chi connectivity index (χ2v) is 6.94. The largest absolute Gasteiger partial charge is 0.464 e. The van der Waals surface area contributed by atoms with Crippen molar-refractivity contribution >= 4 is 32.8 Å². The van der Waals surface area contributed by atoms with Crippen molar-refractivity contribution in [1.82, 2.24) is 9.55 Å². The quantitative estimate of drug-likeness (QED) is 0.349. The maximum atomic E-state index is 5.67. The zero-order chi connectivity index (χ0) is 18.5. The van der Waals surface area contributed by atoms with E-state index in [1.54, 1.807) is 6.26 Å². The van der Waals surface area contributed by atoms with E-state index in [1.807, 2.05) is 30.5 Å². The summed E-state index contributed by atoms with van der Waals surface area (Å²) in [5.41, 5.74) is 6.45. The van der Waals surface area contributed by atoms with Crippen LogP contribution in [0.25, 0.3) is 49.7 Å². The molecule has 3 heteroatoms. The summed E-state index contributed by atoms with van der Waals surface area (Å²) in [7, 11) is 0. The first-order chi connectivity index (χ1) is 13.9. The third kappa shape index (κ3) is 2.20. The molecule has 0 fully saturated rings. The number of hydrogen-bond donors (Lipinski definition) is 0. The van der Waals surface area contributed by atoms with Crippen LogP contribution in [-0.2, 0) is 0 Å². The molecule has 28 heavy (non-hydrogen) atoms. The molecule has 0 saturated carbocycles. The highest BCUT2D eigenvalue weighted by Gasteiger charge is 2.14. The summed E-state index contributed by atoms with van der Waals surface area (Å²) in [6, 6.07) is 29.4. The van der Waals surface area contributed by atoms with Crippen molar-refractivity contribution in [2.45, 2.75) is 0 Å². The fourth-order valence-electron chi connectivity index (χ4n) is 4.02. The summed E-state index contributed by atoms with van der Waals surface area (Å²) in [6.45, 7) is 0. The van der Waals surface area contributed by atoms with E-state index in [9.17, 15) is 0 Å². The SMILES string of the molecule is c1ccc(-c2ccc(-n3c4ccccc4c4cc5ccoc5cc43)cc2)nc1. The van der Waals surface area contributed by atoms with Crippen molar-refractivity contribution in [3.8, 4) is 16.9 Å². The Hall–Kier alpha value is -3.85. The molecule has 6 rings (SSSR count). The van der Waals surface area contributed by atoms with Crippen LogP contribution in [0.1, 0.15) is 0 Å². The maximum absolute atomic E-state index is 5.67. The van der Waals surface area contributed by atoms with E-state index in [2.05, 4.69) is 70.2 Å². The maximum Gasteiger partial charge on any atom is 0.135 e. The number of aromatic nitrogens is 2.